The third kappa shape index (κ3) is 2.02. The minimum absolute atomic E-state index is 0.145. The number of ether oxygens (including phenoxy) is 1. The zero-order valence-corrected chi connectivity index (χ0v) is 8.26. The first-order chi connectivity index (χ1) is 6.28. The van der Waals surface area contributed by atoms with Crippen molar-refractivity contribution < 1.29 is 9.13 Å². The summed E-state index contributed by atoms with van der Waals surface area (Å²) in [7, 11) is 1.76. The van der Waals surface area contributed by atoms with E-state index in [-0.39, 0.29) is 6.67 Å². The van der Waals surface area contributed by atoms with Crippen LogP contribution >= 0.6 is 0 Å². The van der Waals surface area contributed by atoms with Crippen LogP contribution < -0.4 is 0 Å². The van der Waals surface area contributed by atoms with Crippen molar-refractivity contribution in [1.82, 2.24) is 4.90 Å². The molecule has 2 aliphatic rings. The van der Waals surface area contributed by atoms with E-state index in [2.05, 4.69) is 4.90 Å². The molecular weight excluding hydrogens is 169 g/mol. The molecule has 0 amide bonds. The second-order valence-electron chi connectivity index (χ2n) is 4.65. The summed E-state index contributed by atoms with van der Waals surface area (Å²) in [5.41, 5.74) is 0.441. The standard InChI is InChI=1S/C10H18FNO/c1-13-8-10(2-3-10)7-12-5-9(4-11)6-12/h9H,2-8H2,1H3. The fourth-order valence-corrected chi connectivity index (χ4v) is 2.21. The van der Waals surface area contributed by atoms with Crippen LogP contribution in [-0.2, 0) is 4.74 Å². The SMILES string of the molecule is COCC1(CN2CC(CF)C2)CC1. The molecule has 2 nitrogen and oxygen atoms in total. The van der Waals surface area contributed by atoms with Crippen LogP contribution in [0.4, 0.5) is 4.39 Å². The van der Waals surface area contributed by atoms with E-state index in [9.17, 15) is 4.39 Å². The van der Waals surface area contributed by atoms with Crippen molar-refractivity contribution >= 4 is 0 Å². The van der Waals surface area contributed by atoms with E-state index in [1.807, 2.05) is 0 Å². The van der Waals surface area contributed by atoms with Crippen LogP contribution in [0.2, 0.25) is 0 Å². The summed E-state index contributed by atoms with van der Waals surface area (Å²) in [6.07, 6.45) is 2.58. The first kappa shape index (κ1) is 9.41. The second-order valence-corrected chi connectivity index (χ2v) is 4.65. The Morgan fingerprint density at radius 2 is 2.15 bits per heavy atom. The van der Waals surface area contributed by atoms with E-state index in [0.29, 0.717) is 11.3 Å². The normalized spacial score (nSPS) is 27.2. The average molecular weight is 187 g/mol. The number of nitrogens with zero attached hydrogens (tertiary/aromatic N) is 1. The highest BCUT2D eigenvalue weighted by Gasteiger charge is 2.45. The molecule has 0 atom stereocenters. The highest BCUT2D eigenvalue weighted by atomic mass is 19.1. The predicted octanol–water partition coefficient (Wildman–Crippen LogP) is 1.31. The fraction of sp³-hybridized carbons (Fsp3) is 1.00. The highest BCUT2D eigenvalue weighted by Crippen LogP contribution is 2.47. The lowest BCUT2D eigenvalue weighted by Crippen LogP contribution is -2.50. The van der Waals surface area contributed by atoms with Crippen molar-refractivity contribution in [3.05, 3.63) is 0 Å². The maximum atomic E-state index is 12.2. The van der Waals surface area contributed by atoms with Crippen molar-refractivity contribution in [3.8, 4) is 0 Å². The van der Waals surface area contributed by atoms with Gasteiger partial charge in [0.1, 0.15) is 0 Å². The van der Waals surface area contributed by atoms with Crippen LogP contribution in [0.15, 0.2) is 0 Å². The molecule has 1 aliphatic heterocycles. The third-order valence-electron chi connectivity index (χ3n) is 3.22. The van der Waals surface area contributed by atoms with Gasteiger partial charge in [-0.15, -0.1) is 0 Å². The van der Waals surface area contributed by atoms with Crippen LogP contribution in [0.1, 0.15) is 12.8 Å². The Bertz CT molecular complexity index is 176. The van der Waals surface area contributed by atoms with Crippen molar-refractivity contribution in [2.45, 2.75) is 12.8 Å². The maximum absolute atomic E-state index is 12.2. The van der Waals surface area contributed by atoms with Gasteiger partial charge >= 0.3 is 0 Å². The van der Waals surface area contributed by atoms with Gasteiger partial charge in [-0.25, -0.2) is 0 Å². The lowest BCUT2D eigenvalue weighted by atomic mass is 9.98. The minimum atomic E-state index is -0.145. The molecule has 0 aromatic rings. The first-order valence-electron chi connectivity index (χ1n) is 5.05. The lowest BCUT2D eigenvalue weighted by Gasteiger charge is -2.40. The molecule has 0 bridgehead atoms. The number of halogens is 1. The molecule has 0 N–H and O–H groups in total. The van der Waals surface area contributed by atoms with Gasteiger partial charge in [0.15, 0.2) is 0 Å². The average Bonchev–Trinajstić information content (AvgIpc) is 2.78. The Hall–Kier alpha value is -0.150. The molecule has 0 radical (unpaired) electrons. The Balaban J connectivity index is 1.68. The number of rotatable bonds is 5. The van der Waals surface area contributed by atoms with Crippen molar-refractivity contribution in [1.29, 1.82) is 0 Å². The number of hydrogen-bond donors (Lipinski definition) is 0. The summed E-state index contributed by atoms with van der Waals surface area (Å²) in [4.78, 5) is 2.36. The Labute approximate surface area is 79.1 Å². The molecule has 3 heteroatoms. The van der Waals surface area contributed by atoms with Gasteiger partial charge in [-0.3, -0.25) is 4.39 Å². The number of hydrogen-bond acceptors (Lipinski definition) is 2. The fourth-order valence-electron chi connectivity index (χ4n) is 2.21. The van der Waals surface area contributed by atoms with Gasteiger partial charge in [0.05, 0.1) is 13.3 Å². The molecule has 1 saturated carbocycles. The molecule has 0 aromatic carbocycles. The van der Waals surface area contributed by atoms with Gasteiger partial charge in [0, 0.05) is 38.1 Å². The summed E-state index contributed by atoms with van der Waals surface area (Å²) in [5, 5.41) is 0. The molecule has 76 valence electrons. The van der Waals surface area contributed by atoms with E-state index < -0.39 is 0 Å². The largest absolute Gasteiger partial charge is 0.384 e. The monoisotopic (exact) mass is 187 g/mol. The van der Waals surface area contributed by atoms with E-state index >= 15 is 0 Å². The molecule has 0 aromatic heterocycles. The first-order valence-corrected chi connectivity index (χ1v) is 5.05. The van der Waals surface area contributed by atoms with Gasteiger partial charge in [0.25, 0.3) is 0 Å². The summed E-state index contributed by atoms with van der Waals surface area (Å²) in [5.74, 6) is 0.318. The zero-order chi connectivity index (χ0) is 9.31. The van der Waals surface area contributed by atoms with Crippen LogP contribution in [0, 0.1) is 11.3 Å². The van der Waals surface area contributed by atoms with Gasteiger partial charge in [-0.1, -0.05) is 0 Å². The van der Waals surface area contributed by atoms with Gasteiger partial charge in [0.2, 0.25) is 0 Å². The van der Waals surface area contributed by atoms with E-state index in [4.69, 9.17) is 4.74 Å². The van der Waals surface area contributed by atoms with Crippen LogP contribution in [0.3, 0.4) is 0 Å². The quantitative estimate of drug-likeness (QED) is 0.643. The van der Waals surface area contributed by atoms with E-state index in [1.165, 1.54) is 12.8 Å². The maximum Gasteiger partial charge on any atom is 0.0947 e. The predicted molar refractivity (Wildman–Crippen MR) is 49.4 cm³/mol. The Kier molecular flexibility index (Phi) is 2.56. The molecule has 1 heterocycles. The third-order valence-corrected chi connectivity index (χ3v) is 3.22. The number of likely N-dealkylation sites (tertiary alicyclic amines) is 1. The number of methoxy groups -OCH3 is 1. The summed E-state index contributed by atoms with van der Waals surface area (Å²) in [6.45, 7) is 3.78. The van der Waals surface area contributed by atoms with Crippen LogP contribution in [-0.4, -0.2) is 44.9 Å². The smallest absolute Gasteiger partial charge is 0.0947 e. The zero-order valence-electron chi connectivity index (χ0n) is 8.26. The molecule has 2 fully saturated rings. The summed E-state index contributed by atoms with van der Waals surface area (Å²) in [6, 6.07) is 0. The number of alkyl halides is 1. The van der Waals surface area contributed by atoms with Crippen molar-refractivity contribution in [3.63, 3.8) is 0 Å². The molecular formula is C10H18FNO. The second kappa shape index (κ2) is 3.54. The van der Waals surface area contributed by atoms with Crippen molar-refractivity contribution in [2.24, 2.45) is 11.3 Å². The molecule has 1 aliphatic carbocycles. The Morgan fingerprint density at radius 1 is 1.46 bits per heavy atom. The van der Waals surface area contributed by atoms with Gasteiger partial charge in [-0.2, -0.15) is 0 Å². The topological polar surface area (TPSA) is 12.5 Å². The minimum Gasteiger partial charge on any atom is -0.384 e. The van der Waals surface area contributed by atoms with Crippen LogP contribution in [0.25, 0.3) is 0 Å². The lowest BCUT2D eigenvalue weighted by molar-refractivity contribution is 0.0368. The van der Waals surface area contributed by atoms with Gasteiger partial charge in [-0.05, 0) is 12.8 Å². The highest BCUT2D eigenvalue weighted by molar-refractivity contribution is 4.97. The molecule has 1 saturated heterocycles. The van der Waals surface area contributed by atoms with Crippen LogP contribution in [0.5, 0.6) is 0 Å². The van der Waals surface area contributed by atoms with E-state index in [1.54, 1.807) is 7.11 Å². The molecule has 0 unspecified atom stereocenters. The van der Waals surface area contributed by atoms with Crippen molar-refractivity contribution in [2.75, 3.05) is 40.0 Å². The molecule has 13 heavy (non-hydrogen) atoms. The Morgan fingerprint density at radius 3 is 2.62 bits per heavy atom. The van der Waals surface area contributed by atoms with E-state index in [0.717, 1.165) is 26.2 Å². The molecule has 0 spiro atoms. The van der Waals surface area contributed by atoms with Gasteiger partial charge < -0.3 is 9.64 Å². The molecule has 2 rings (SSSR count). The summed E-state index contributed by atoms with van der Waals surface area (Å²) < 4.78 is 17.3. The summed E-state index contributed by atoms with van der Waals surface area (Å²) >= 11 is 0.